The van der Waals surface area contributed by atoms with Gasteiger partial charge in [-0.15, -0.1) is 0 Å². The summed E-state index contributed by atoms with van der Waals surface area (Å²) in [5.41, 5.74) is 4.06. The van der Waals surface area contributed by atoms with Gasteiger partial charge in [-0.05, 0) is 68.5 Å². The number of carbonyl (C=O) groups excluding carboxylic acids is 2. The predicted octanol–water partition coefficient (Wildman–Crippen LogP) is 5.42. The van der Waals surface area contributed by atoms with Crippen LogP contribution in [0.2, 0.25) is 0 Å². The first kappa shape index (κ1) is 28.1. The van der Waals surface area contributed by atoms with Crippen molar-refractivity contribution in [2.75, 3.05) is 28.4 Å². The van der Waals surface area contributed by atoms with Crippen LogP contribution in [0.15, 0.2) is 58.9 Å². The molecule has 8 heteroatoms. The molecule has 0 saturated carbocycles. The zero-order valence-corrected chi connectivity index (χ0v) is 23.7. The summed E-state index contributed by atoms with van der Waals surface area (Å²) in [5.74, 6) is 1.18. The Morgan fingerprint density at radius 1 is 0.949 bits per heavy atom. The summed E-state index contributed by atoms with van der Waals surface area (Å²) < 4.78 is 27.9. The van der Waals surface area contributed by atoms with Gasteiger partial charge in [0.2, 0.25) is 0 Å². The lowest BCUT2D eigenvalue weighted by molar-refractivity contribution is -0.144. The summed E-state index contributed by atoms with van der Waals surface area (Å²) in [6, 6.07) is 11.2. The second-order valence-corrected chi connectivity index (χ2v) is 9.86. The Kier molecular flexibility index (Phi) is 8.53. The lowest BCUT2D eigenvalue weighted by Crippen LogP contribution is -2.36. The lowest BCUT2D eigenvalue weighted by atomic mass is 9.71. The first-order valence-corrected chi connectivity index (χ1v) is 13.1. The number of nitrogens with one attached hydrogen (secondary N) is 1. The zero-order valence-electron chi connectivity index (χ0n) is 23.7. The fourth-order valence-corrected chi connectivity index (χ4v) is 5.36. The molecule has 39 heavy (non-hydrogen) atoms. The molecule has 4 rings (SSSR count). The van der Waals surface area contributed by atoms with E-state index in [9.17, 15) is 9.59 Å². The minimum atomic E-state index is -0.665. The Labute approximate surface area is 229 Å². The summed E-state index contributed by atoms with van der Waals surface area (Å²) in [7, 11) is 6.34. The second kappa shape index (κ2) is 11.8. The molecule has 0 amide bonds. The van der Waals surface area contributed by atoms with Crippen molar-refractivity contribution in [3.05, 3.63) is 70.1 Å². The normalized spacial score (nSPS) is 19.6. The highest BCUT2D eigenvalue weighted by atomic mass is 16.5. The van der Waals surface area contributed by atoms with E-state index in [2.05, 4.69) is 5.32 Å². The van der Waals surface area contributed by atoms with Crippen LogP contribution in [0, 0.1) is 0 Å². The molecule has 0 radical (unpaired) electrons. The molecule has 0 spiro atoms. The SMILES string of the molecule is CC[C@@H](C)OC(=O)C1=C(C)NC2=C(C(=O)C[C@@H](c3ccc(OC)c(OC)c3)C2)[C@H]1c1cc(OC)ccc1OC. The number of esters is 1. The van der Waals surface area contributed by atoms with Crippen LogP contribution in [0.4, 0.5) is 0 Å². The van der Waals surface area contributed by atoms with Gasteiger partial charge in [0.1, 0.15) is 11.5 Å². The molecule has 1 aliphatic carbocycles. The fraction of sp³-hybridized carbons (Fsp3) is 0.419. The number of Topliss-reactive ketones (excluding diaryl/α,β-unsaturated/α-hetero) is 1. The van der Waals surface area contributed by atoms with E-state index >= 15 is 0 Å². The minimum absolute atomic E-state index is 0.0419. The van der Waals surface area contributed by atoms with Crippen LogP contribution in [-0.4, -0.2) is 46.3 Å². The third kappa shape index (κ3) is 5.46. The largest absolute Gasteiger partial charge is 0.497 e. The molecule has 2 aliphatic rings. The highest BCUT2D eigenvalue weighted by Gasteiger charge is 2.43. The van der Waals surface area contributed by atoms with E-state index < -0.39 is 11.9 Å². The smallest absolute Gasteiger partial charge is 0.337 e. The molecular formula is C31H37NO7. The number of carbonyl (C=O) groups is 2. The van der Waals surface area contributed by atoms with Crippen molar-refractivity contribution in [2.45, 2.75) is 58.0 Å². The number of ether oxygens (including phenoxy) is 5. The van der Waals surface area contributed by atoms with Crippen molar-refractivity contribution in [1.82, 2.24) is 5.32 Å². The van der Waals surface area contributed by atoms with Crippen molar-refractivity contribution in [3.8, 4) is 23.0 Å². The molecule has 2 aromatic carbocycles. The summed E-state index contributed by atoms with van der Waals surface area (Å²) in [4.78, 5) is 27.5. The molecule has 0 saturated heterocycles. The number of hydrogen-bond acceptors (Lipinski definition) is 8. The van der Waals surface area contributed by atoms with Crippen LogP contribution in [-0.2, 0) is 14.3 Å². The highest BCUT2D eigenvalue weighted by molar-refractivity contribution is 6.04. The van der Waals surface area contributed by atoms with Crippen molar-refractivity contribution in [2.24, 2.45) is 0 Å². The van der Waals surface area contributed by atoms with Crippen LogP contribution in [0.5, 0.6) is 23.0 Å². The molecular weight excluding hydrogens is 498 g/mol. The molecule has 0 unspecified atom stereocenters. The van der Waals surface area contributed by atoms with Crippen LogP contribution < -0.4 is 24.3 Å². The quantitative estimate of drug-likeness (QED) is 0.426. The summed E-state index contributed by atoms with van der Waals surface area (Å²) in [6.07, 6.45) is 1.28. The third-order valence-electron chi connectivity index (χ3n) is 7.56. The minimum Gasteiger partial charge on any atom is -0.497 e. The van der Waals surface area contributed by atoms with E-state index in [1.807, 2.05) is 45.0 Å². The lowest BCUT2D eigenvalue weighted by Gasteiger charge is -2.37. The van der Waals surface area contributed by atoms with Gasteiger partial charge in [-0.1, -0.05) is 13.0 Å². The molecule has 8 nitrogen and oxygen atoms in total. The molecule has 1 aliphatic heterocycles. The maximum absolute atomic E-state index is 14.0. The molecule has 208 valence electrons. The maximum atomic E-state index is 14.0. The molecule has 0 fully saturated rings. The number of rotatable bonds is 9. The number of benzene rings is 2. The Morgan fingerprint density at radius 3 is 2.28 bits per heavy atom. The number of hydrogen-bond donors (Lipinski definition) is 1. The van der Waals surface area contributed by atoms with Crippen LogP contribution in [0.1, 0.15) is 63.0 Å². The van der Waals surface area contributed by atoms with Crippen molar-refractivity contribution in [3.63, 3.8) is 0 Å². The third-order valence-corrected chi connectivity index (χ3v) is 7.56. The first-order chi connectivity index (χ1) is 18.8. The van der Waals surface area contributed by atoms with E-state index in [0.717, 1.165) is 11.3 Å². The second-order valence-electron chi connectivity index (χ2n) is 9.86. The van der Waals surface area contributed by atoms with Crippen LogP contribution >= 0.6 is 0 Å². The van der Waals surface area contributed by atoms with Gasteiger partial charge in [-0.25, -0.2) is 4.79 Å². The van der Waals surface area contributed by atoms with Gasteiger partial charge < -0.3 is 29.0 Å². The van der Waals surface area contributed by atoms with Crippen molar-refractivity contribution < 1.29 is 33.3 Å². The number of dihydropyridines is 1. The number of allylic oxidation sites excluding steroid dienone is 3. The Morgan fingerprint density at radius 2 is 1.64 bits per heavy atom. The Hall–Kier alpha value is -3.94. The van der Waals surface area contributed by atoms with E-state index in [1.165, 1.54) is 0 Å². The molecule has 2 aromatic rings. The molecule has 0 aromatic heterocycles. The summed E-state index contributed by atoms with van der Waals surface area (Å²) >= 11 is 0. The molecule has 3 atom stereocenters. The van der Waals surface area contributed by atoms with Crippen molar-refractivity contribution in [1.29, 1.82) is 0 Å². The van der Waals surface area contributed by atoms with E-state index in [1.54, 1.807) is 40.6 Å². The average molecular weight is 536 g/mol. The van der Waals surface area contributed by atoms with E-state index in [0.29, 0.717) is 58.2 Å². The zero-order chi connectivity index (χ0) is 28.3. The van der Waals surface area contributed by atoms with Crippen molar-refractivity contribution >= 4 is 11.8 Å². The van der Waals surface area contributed by atoms with Gasteiger partial charge in [0.05, 0.1) is 46.0 Å². The monoisotopic (exact) mass is 535 g/mol. The van der Waals surface area contributed by atoms with Gasteiger partial charge in [0.25, 0.3) is 0 Å². The molecule has 1 heterocycles. The van der Waals surface area contributed by atoms with Gasteiger partial charge in [0.15, 0.2) is 17.3 Å². The Balaban J connectivity index is 1.83. The Bertz CT molecular complexity index is 1330. The van der Waals surface area contributed by atoms with E-state index in [4.69, 9.17) is 23.7 Å². The molecule has 0 bridgehead atoms. The fourth-order valence-electron chi connectivity index (χ4n) is 5.36. The van der Waals surface area contributed by atoms with Crippen LogP contribution in [0.25, 0.3) is 0 Å². The molecule has 1 N–H and O–H groups in total. The first-order valence-electron chi connectivity index (χ1n) is 13.1. The van der Waals surface area contributed by atoms with Crippen LogP contribution in [0.3, 0.4) is 0 Å². The van der Waals surface area contributed by atoms with Gasteiger partial charge >= 0.3 is 5.97 Å². The standard InChI is InChI=1S/C31H37NO7/c1-8-17(2)39-31(34)28-18(3)32-23-13-20(19-9-11-26(37-6)27(15-19)38-7)14-24(33)30(23)29(28)22-16-21(35-4)10-12-25(22)36-5/h9-12,15-17,20,29,32H,8,13-14H2,1-7H3/t17-,20+,29+/m1/s1. The predicted molar refractivity (Wildman–Crippen MR) is 148 cm³/mol. The number of methoxy groups -OCH3 is 4. The number of ketones is 1. The van der Waals surface area contributed by atoms with E-state index in [-0.39, 0.29) is 24.2 Å². The maximum Gasteiger partial charge on any atom is 0.337 e. The average Bonchev–Trinajstić information content (AvgIpc) is 2.95. The summed E-state index contributed by atoms with van der Waals surface area (Å²) in [5, 5.41) is 3.40. The van der Waals surface area contributed by atoms with Gasteiger partial charge in [-0.3, -0.25) is 4.79 Å². The van der Waals surface area contributed by atoms with Gasteiger partial charge in [-0.2, -0.15) is 0 Å². The highest BCUT2D eigenvalue weighted by Crippen LogP contribution is 2.49. The topological polar surface area (TPSA) is 92.3 Å². The summed E-state index contributed by atoms with van der Waals surface area (Å²) in [6.45, 7) is 5.66. The van der Waals surface area contributed by atoms with Gasteiger partial charge in [0, 0.05) is 29.0 Å².